The third-order valence-corrected chi connectivity index (χ3v) is 4.54. The third-order valence-electron chi connectivity index (χ3n) is 4.54. The van der Waals surface area contributed by atoms with E-state index in [1.807, 2.05) is 25.1 Å². The molecule has 0 radical (unpaired) electrons. The highest BCUT2D eigenvalue weighted by atomic mass is 16.5. The lowest BCUT2D eigenvalue weighted by molar-refractivity contribution is -0.125. The van der Waals surface area contributed by atoms with Crippen molar-refractivity contribution >= 4 is 28.0 Å². The number of aromatic nitrogens is 2. The molecule has 0 spiro atoms. The van der Waals surface area contributed by atoms with Crippen LogP contribution in [-0.2, 0) is 16.1 Å². The fourth-order valence-electron chi connectivity index (χ4n) is 3.29. The van der Waals surface area contributed by atoms with Crippen molar-refractivity contribution < 1.29 is 13.9 Å². The van der Waals surface area contributed by atoms with Crippen LogP contribution in [-0.4, -0.2) is 34.2 Å². The van der Waals surface area contributed by atoms with Crippen molar-refractivity contribution in [2.75, 3.05) is 13.2 Å². The van der Waals surface area contributed by atoms with E-state index >= 15 is 0 Å². The number of rotatable bonds is 3. The normalized spacial score (nSPS) is 20.8. The first kappa shape index (κ1) is 15.8. The Morgan fingerprint density at radius 3 is 3.04 bits per heavy atom. The van der Waals surface area contributed by atoms with E-state index in [2.05, 4.69) is 10.3 Å². The molecule has 7 nitrogen and oxygen atoms in total. The molecule has 1 atom stereocenters. The van der Waals surface area contributed by atoms with Crippen molar-refractivity contribution in [2.24, 2.45) is 0 Å². The Hall–Kier alpha value is -2.67. The molecule has 1 amide bonds. The smallest absolute Gasteiger partial charge is 0.297 e. The highest BCUT2D eigenvalue weighted by Crippen LogP contribution is 2.24. The van der Waals surface area contributed by atoms with Crippen molar-refractivity contribution in [1.82, 2.24) is 14.9 Å². The van der Waals surface area contributed by atoms with Crippen LogP contribution in [0.3, 0.4) is 0 Å². The van der Waals surface area contributed by atoms with Gasteiger partial charge in [-0.05, 0) is 31.9 Å². The average Bonchev–Trinajstić information content (AvgIpc) is 2.97. The number of carbonyl (C=O) groups excluding carboxylic acids is 1. The molecule has 3 aromatic rings. The standard InChI is InChI=1S/C18H19N3O4/c1-18(7-4-8-24-10-18)20-14(22)9-21-11-19-15-12-5-2-3-6-13(12)25-16(15)17(21)23/h2-3,5-6,11H,4,7-10H2,1H3,(H,20,22). The molecule has 1 N–H and O–H groups in total. The Bertz CT molecular complexity index is 998. The number of para-hydroxylation sites is 1. The Morgan fingerprint density at radius 2 is 2.24 bits per heavy atom. The van der Waals surface area contributed by atoms with E-state index in [0.29, 0.717) is 17.7 Å². The van der Waals surface area contributed by atoms with Crippen LogP contribution >= 0.6 is 0 Å². The summed E-state index contributed by atoms with van der Waals surface area (Å²) in [5.74, 6) is -0.243. The highest BCUT2D eigenvalue weighted by molar-refractivity contribution is 6.01. The van der Waals surface area contributed by atoms with E-state index in [9.17, 15) is 9.59 Å². The van der Waals surface area contributed by atoms with E-state index in [0.717, 1.165) is 24.8 Å². The number of ether oxygens (including phenoxy) is 1. The second kappa shape index (κ2) is 6.00. The van der Waals surface area contributed by atoms with Gasteiger partial charge in [-0.25, -0.2) is 4.98 Å². The van der Waals surface area contributed by atoms with Gasteiger partial charge < -0.3 is 14.5 Å². The van der Waals surface area contributed by atoms with Crippen LogP contribution < -0.4 is 10.9 Å². The molecule has 1 saturated heterocycles. The van der Waals surface area contributed by atoms with Crippen LogP contribution in [0.1, 0.15) is 19.8 Å². The fourth-order valence-corrected chi connectivity index (χ4v) is 3.29. The molecule has 2 aromatic heterocycles. The minimum atomic E-state index is -0.393. The van der Waals surface area contributed by atoms with Crippen LogP contribution in [0.25, 0.3) is 22.1 Å². The third kappa shape index (κ3) is 2.91. The number of nitrogens with zero attached hydrogens (tertiary/aromatic N) is 2. The summed E-state index contributed by atoms with van der Waals surface area (Å²) < 4.78 is 12.3. The number of fused-ring (bicyclic) bond motifs is 3. The van der Waals surface area contributed by atoms with Gasteiger partial charge in [0.2, 0.25) is 11.5 Å². The molecule has 1 aliphatic rings. The van der Waals surface area contributed by atoms with Gasteiger partial charge in [-0.15, -0.1) is 0 Å². The molecule has 0 aliphatic carbocycles. The van der Waals surface area contributed by atoms with Crippen molar-refractivity contribution in [3.05, 3.63) is 40.9 Å². The van der Waals surface area contributed by atoms with Crippen molar-refractivity contribution in [3.63, 3.8) is 0 Å². The number of nitrogens with one attached hydrogen (secondary N) is 1. The maximum atomic E-state index is 12.6. The van der Waals surface area contributed by atoms with E-state index < -0.39 is 5.54 Å². The molecule has 0 saturated carbocycles. The van der Waals surface area contributed by atoms with Gasteiger partial charge in [0.25, 0.3) is 5.56 Å². The van der Waals surface area contributed by atoms with Crippen molar-refractivity contribution in [2.45, 2.75) is 31.8 Å². The summed E-state index contributed by atoms with van der Waals surface area (Å²) in [6.07, 6.45) is 3.16. The lowest BCUT2D eigenvalue weighted by Crippen LogP contribution is -2.52. The van der Waals surface area contributed by atoms with Gasteiger partial charge in [-0.3, -0.25) is 14.2 Å². The van der Waals surface area contributed by atoms with Gasteiger partial charge in [-0.2, -0.15) is 0 Å². The largest absolute Gasteiger partial charge is 0.448 e. The predicted molar refractivity (Wildman–Crippen MR) is 92.4 cm³/mol. The summed E-state index contributed by atoms with van der Waals surface area (Å²) in [7, 11) is 0. The van der Waals surface area contributed by atoms with Crippen LogP contribution in [0.15, 0.2) is 39.8 Å². The molecule has 0 bridgehead atoms. The quantitative estimate of drug-likeness (QED) is 0.785. The molecule has 4 rings (SSSR count). The van der Waals surface area contributed by atoms with Crippen molar-refractivity contribution in [1.29, 1.82) is 0 Å². The van der Waals surface area contributed by atoms with Crippen LogP contribution in [0.5, 0.6) is 0 Å². The maximum absolute atomic E-state index is 12.6. The summed E-state index contributed by atoms with van der Waals surface area (Å²) >= 11 is 0. The lowest BCUT2D eigenvalue weighted by atomic mass is 9.95. The van der Waals surface area contributed by atoms with Crippen molar-refractivity contribution in [3.8, 4) is 0 Å². The van der Waals surface area contributed by atoms with Gasteiger partial charge >= 0.3 is 0 Å². The zero-order valence-electron chi connectivity index (χ0n) is 13.9. The Balaban J connectivity index is 1.61. The number of furan rings is 1. The second-order valence-corrected chi connectivity index (χ2v) is 6.72. The average molecular weight is 341 g/mol. The topological polar surface area (TPSA) is 86.4 Å². The van der Waals surface area contributed by atoms with E-state index in [-0.39, 0.29) is 23.6 Å². The minimum absolute atomic E-state index is 0.103. The van der Waals surface area contributed by atoms with Crippen LogP contribution in [0, 0.1) is 0 Å². The first-order chi connectivity index (χ1) is 12.1. The van der Waals surface area contributed by atoms with E-state index in [1.165, 1.54) is 10.9 Å². The number of hydrogen-bond acceptors (Lipinski definition) is 5. The summed E-state index contributed by atoms with van der Waals surface area (Å²) in [4.78, 5) is 29.3. The summed E-state index contributed by atoms with van der Waals surface area (Å²) in [6.45, 7) is 3.05. The summed E-state index contributed by atoms with van der Waals surface area (Å²) in [6, 6.07) is 7.35. The Morgan fingerprint density at radius 1 is 1.40 bits per heavy atom. The van der Waals surface area contributed by atoms with Gasteiger partial charge in [0.15, 0.2) is 0 Å². The number of benzene rings is 1. The van der Waals surface area contributed by atoms with E-state index in [1.54, 1.807) is 6.07 Å². The molecular weight excluding hydrogens is 322 g/mol. The zero-order valence-corrected chi connectivity index (χ0v) is 13.9. The van der Waals surface area contributed by atoms with Gasteiger partial charge in [0, 0.05) is 12.0 Å². The highest BCUT2D eigenvalue weighted by Gasteiger charge is 2.29. The lowest BCUT2D eigenvalue weighted by Gasteiger charge is -2.34. The molecule has 1 unspecified atom stereocenters. The van der Waals surface area contributed by atoms with Crippen LogP contribution in [0.4, 0.5) is 0 Å². The van der Waals surface area contributed by atoms with E-state index in [4.69, 9.17) is 9.15 Å². The van der Waals surface area contributed by atoms with Crippen LogP contribution in [0.2, 0.25) is 0 Å². The predicted octanol–water partition coefficient (Wildman–Crippen LogP) is 1.83. The zero-order chi connectivity index (χ0) is 17.4. The minimum Gasteiger partial charge on any atom is -0.448 e. The molecular formula is C18H19N3O4. The van der Waals surface area contributed by atoms with Gasteiger partial charge in [0.1, 0.15) is 17.6 Å². The number of carbonyl (C=O) groups is 1. The Kier molecular flexibility index (Phi) is 3.80. The fraction of sp³-hybridized carbons (Fsp3) is 0.389. The summed E-state index contributed by atoms with van der Waals surface area (Å²) in [5, 5.41) is 3.75. The molecule has 7 heteroatoms. The van der Waals surface area contributed by atoms with Gasteiger partial charge in [-0.1, -0.05) is 12.1 Å². The molecule has 130 valence electrons. The second-order valence-electron chi connectivity index (χ2n) is 6.72. The monoisotopic (exact) mass is 341 g/mol. The maximum Gasteiger partial charge on any atom is 0.297 e. The number of amides is 1. The molecule has 1 aliphatic heterocycles. The molecule has 1 aromatic carbocycles. The molecule has 1 fully saturated rings. The molecule has 25 heavy (non-hydrogen) atoms. The molecule has 3 heterocycles. The Labute approximate surface area is 143 Å². The van der Waals surface area contributed by atoms with Gasteiger partial charge in [0.05, 0.1) is 18.5 Å². The first-order valence-electron chi connectivity index (χ1n) is 8.31. The first-order valence-corrected chi connectivity index (χ1v) is 8.31. The number of hydrogen-bond donors (Lipinski definition) is 1. The summed E-state index contributed by atoms with van der Waals surface area (Å²) in [5.41, 5.74) is 0.543. The SMILES string of the molecule is CC1(NC(=O)Cn2cnc3c(oc4ccccc43)c2=O)CCCOC1.